The van der Waals surface area contributed by atoms with E-state index in [1.54, 1.807) is 7.11 Å². The van der Waals surface area contributed by atoms with Crippen molar-refractivity contribution in [2.75, 3.05) is 25.2 Å². The molecule has 2 atom stereocenters. The van der Waals surface area contributed by atoms with Crippen LogP contribution in [0.2, 0.25) is 5.02 Å². The maximum atomic E-state index is 6.55. The Kier molecular flexibility index (Phi) is 6.75. The summed E-state index contributed by atoms with van der Waals surface area (Å²) in [5.41, 5.74) is 2.99. The van der Waals surface area contributed by atoms with Crippen molar-refractivity contribution >= 4 is 34.6 Å². The number of nitrogens with zero attached hydrogens (tertiary/aromatic N) is 3. The number of hydrogen-bond acceptors (Lipinski definition) is 4. The van der Waals surface area contributed by atoms with Gasteiger partial charge in [0.2, 0.25) is 0 Å². The predicted octanol–water partition coefficient (Wildman–Crippen LogP) is 4.76. The number of aromatic nitrogens is 2. The van der Waals surface area contributed by atoms with Crippen LogP contribution in [0.15, 0.2) is 60.9 Å². The van der Waals surface area contributed by atoms with Crippen molar-refractivity contribution in [3.63, 3.8) is 0 Å². The van der Waals surface area contributed by atoms with Crippen LogP contribution in [0.1, 0.15) is 30.4 Å². The third-order valence-corrected chi connectivity index (χ3v) is 5.96. The van der Waals surface area contributed by atoms with Gasteiger partial charge in [0.05, 0.1) is 23.4 Å². The Morgan fingerprint density at radius 1 is 1.16 bits per heavy atom. The lowest BCUT2D eigenvalue weighted by molar-refractivity contribution is 0.146. The van der Waals surface area contributed by atoms with Crippen molar-refractivity contribution in [2.45, 2.75) is 25.6 Å². The van der Waals surface area contributed by atoms with Gasteiger partial charge < -0.3 is 24.3 Å². The van der Waals surface area contributed by atoms with E-state index in [4.69, 9.17) is 33.3 Å². The molecule has 0 unspecified atom stereocenters. The number of anilines is 1. The van der Waals surface area contributed by atoms with Gasteiger partial charge in [-0.3, -0.25) is 4.98 Å². The number of pyridine rings is 1. The summed E-state index contributed by atoms with van der Waals surface area (Å²) in [6.07, 6.45) is 3.89. The number of rotatable bonds is 8. The zero-order chi connectivity index (χ0) is 21.8. The molecule has 1 fully saturated rings. The molecule has 8 heteroatoms. The second kappa shape index (κ2) is 9.68. The van der Waals surface area contributed by atoms with E-state index in [1.165, 1.54) is 0 Å². The van der Waals surface area contributed by atoms with Crippen LogP contribution in [0.5, 0.6) is 5.75 Å². The van der Waals surface area contributed by atoms with Gasteiger partial charge in [-0.2, -0.15) is 0 Å². The SMILES string of the molecule is CCn1cccc1[C@H]1[C@H](c2ccccn2)NC(=S)N1c1ccc(OCCOC)c(Cl)c1. The summed E-state index contributed by atoms with van der Waals surface area (Å²) in [5, 5.41) is 4.64. The fraction of sp³-hybridized carbons (Fsp3) is 0.304. The summed E-state index contributed by atoms with van der Waals surface area (Å²) in [4.78, 5) is 6.71. The van der Waals surface area contributed by atoms with Crippen molar-refractivity contribution in [1.82, 2.24) is 14.9 Å². The standard InChI is InChI=1S/C23H25ClN4O2S/c1-3-27-12-6-8-19(27)22-21(18-7-4-5-11-25-18)26-23(31)28(22)16-9-10-20(17(24)15-16)30-14-13-29-2/h4-12,15,21-22H,3,13-14H2,1-2H3,(H,26,31)/t21-,22-/m0/s1. The molecule has 162 valence electrons. The van der Waals surface area contributed by atoms with E-state index in [0.29, 0.717) is 29.1 Å². The maximum Gasteiger partial charge on any atom is 0.174 e. The minimum atomic E-state index is -0.0923. The summed E-state index contributed by atoms with van der Waals surface area (Å²) in [6, 6.07) is 15.7. The van der Waals surface area contributed by atoms with Crippen LogP contribution in [-0.4, -0.2) is 35.0 Å². The summed E-state index contributed by atoms with van der Waals surface area (Å²) >= 11 is 12.3. The van der Waals surface area contributed by atoms with E-state index < -0.39 is 0 Å². The minimum Gasteiger partial charge on any atom is -0.490 e. The lowest BCUT2D eigenvalue weighted by Gasteiger charge is -2.29. The summed E-state index contributed by atoms with van der Waals surface area (Å²) in [6.45, 7) is 3.93. The number of aryl methyl sites for hydroxylation is 1. The largest absolute Gasteiger partial charge is 0.490 e. The lowest BCUT2D eigenvalue weighted by Crippen LogP contribution is -2.30. The number of thiocarbonyl (C=S) groups is 1. The summed E-state index contributed by atoms with van der Waals surface area (Å²) in [5.74, 6) is 0.621. The molecule has 1 N–H and O–H groups in total. The molecule has 0 amide bonds. The van der Waals surface area contributed by atoms with Crippen LogP contribution in [0.25, 0.3) is 0 Å². The van der Waals surface area contributed by atoms with Gasteiger partial charge in [0.15, 0.2) is 5.11 Å². The van der Waals surface area contributed by atoms with Crippen LogP contribution in [0.3, 0.4) is 0 Å². The Morgan fingerprint density at radius 3 is 2.74 bits per heavy atom. The molecule has 3 heterocycles. The normalized spacial score (nSPS) is 18.3. The summed E-state index contributed by atoms with van der Waals surface area (Å²) in [7, 11) is 1.64. The molecular weight excluding hydrogens is 432 g/mol. The molecule has 0 saturated carbocycles. The monoisotopic (exact) mass is 456 g/mol. The molecular formula is C23H25ClN4O2S. The first-order valence-corrected chi connectivity index (χ1v) is 11.0. The smallest absolute Gasteiger partial charge is 0.174 e. The molecule has 1 aromatic carbocycles. The van der Waals surface area contributed by atoms with Gasteiger partial charge in [-0.1, -0.05) is 17.7 Å². The lowest BCUT2D eigenvalue weighted by atomic mass is 10.0. The van der Waals surface area contributed by atoms with E-state index in [-0.39, 0.29) is 12.1 Å². The first kappa shape index (κ1) is 21.6. The van der Waals surface area contributed by atoms with Gasteiger partial charge in [0.1, 0.15) is 18.4 Å². The van der Waals surface area contributed by atoms with Crippen LogP contribution in [0.4, 0.5) is 5.69 Å². The van der Waals surface area contributed by atoms with E-state index in [9.17, 15) is 0 Å². The van der Waals surface area contributed by atoms with Gasteiger partial charge in [0.25, 0.3) is 0 Å². The fourth-order valence-corrected chi connectivity index (χ4v) is 4.48. The first-order chi connectivity index (χ1) is 15.1. The molecule has 0 spiro atoms. The van der Waals surface area contributed by atoms with Crippen molar-refractivity contribution in [3.05, 3.63) is 77.3 Å². The van der Waals surface area contributed by atoms with Crippen molar-refractivity contribution in [1.29, 1.82) is 0 Å². The zero-order valence-corrected chi connectivity index (χ0v) is 19.1. The molecule has 3 aromatic rings. The number of hydrogen-bond donors (Lipinski definition) is 1. The van der Waals surface area contributed by atoms with Gasteiger partial charge in [-0.15, -0.1) is 0 Å². The van der Waals surface area contributed by atoms with Crippen LogP contribution >= 0.6 is 23.8 Å². The number of ether oxygens (including phenoxy) is 2. The highest BCUT2D eigenvalue weighted by molar-refractivity contribution is 7.80. The molecule has 6 nitrogen and oxygen atoms in total. The average molecular weight is 457 g/mol. The van der Waals surface area contributed by atoms with Crippen LogP contribution in [-0.2, 0) is 11.3 Å². The Balaban J connectivity index is 1.73. The fourth-order valence-electron chi connectivity index (χ4n) is 3.91. The molecule has 1 saturated heterocycles. The van der Waals surface area contributed by atoms with Gasteiger partial charge in [-0.05, 0) is 61.6 Å². The topological polar surface area (TPSA) is 51.6 Å². The number of nitrogens with one attached hydrogen (secondary N) is 1. The van der Waals surface area contributed by atoms with Crippen LogP contribution in [0, 0.1) is 0 Å². The summed E-state index contributed by atoms with van der Waals surface area (Å²) < 4.78 is 13.0. The zero-order valence-electron chi connectivity index (χ0n) is 17.5. The third kappa shape index (κ3) is 4.39. The molecule has 4 rings (SSSR count). The molecule has 2 aromatic heterocycles. The van der Waals surface area contributed by atoms with E-state index >= 15 is 0 Å². The van der Waals surface area contributed by atoms with Crippen LogP contribution < -0.4 is 15.0 Å². The Labute approximate surface area is 192 Å². The number of halogens is 1. The quantitative estimate of drug-likeness (QED) is 0.389. The predicted molar refractivity (Wildman–Crippen MR) is 127 cm³/mol. The highest BCUT2D eigenvalue weighted by Gasteiger charge is 2.42. The third-order valence-electron chi connectivity index (χ3n) is 5.35. The Hall–Kier alpha value is -2.61. The second-order valence-electron chi connectivity index (χ2n) is 7.17. The molecule has 0 radical (unpaired) electrons. The molecule has 0 aliphatic carbocycles. The average Bonchev–Trinajstić information content (AvgIpc) is 3.39. The van der Waals surface area contributed by atoms with Gasteiger partial charge in [-0.25, -0.2) is 0 Å². The highest BCUT2D eigenvalue weighted by atomic mass is 35.5. The first-order valence-electron chi connectivity index (χ1n) is 10.2. The van der Waals surface area contributed by atoms with E-state index in [2.05, 4.69) is 45.0 Å². The van der Waals surface area contributed by atoms with Gasteiger partial charge >= 0.3 is 0 Å². The Morgan fingerprint density at radius 2 is 2.03 bits per heavy atom. The van der Waals surface area contributed by atoms with E-state index in [1.807, 2.05) is 42.6 Å². The van der Waals surface area contributed by atoms with E-state index in [0.717, 1.165) is 23.6 Å². The van der Waals surface area contributed by atoms with Crippen molar-refractivity contribution < 1.29 is 9.47 Å². The van der Waals surface area contributed by atoms with Gasteiger partial charge in [0, 0.05) is 37.4 Å². The molecule has 0 bridgehead atoms. The highest BCUT2D eigenvalue weighted by Crippen LogP contribution is 2.43. The maximum absolute atomic E-state index is 6.55. The second-order valence-corrected chi connectivity index (χ2v) is 7.97. The number of methoxy groups -OCH3 is 1. The molecule has 1 aliphatic rings. The Bertz CT molecular complexity index is 1040. The van der Waals surface area contributed by atoms with Crippen molar-refractivity contribution in [2.24, 2.45) is 0 Å². The molecule has 31 heavy (non-hydrogen) atoms. The minimum absolute atomic E-state index is 0.0753. The molecule has 1 aliphatic heterocycles. The van der Waals surface area contributed by atoms with Crippen molar-refractivity contribution in [3.8, 4) is 5.75 Å². The number of benzene rings is 1.